The molecule has 2 N–H and O–H groups in total. The predicted molar refractivity (Wildman–Crippen MR) is 101 cm³/mol. The number of nitrogens with one attached hydrogen (secondary N) is 2. The van der Waals surface area contributed by atoms with Crippen LogP contribution in [0.1, 0.15) is 13.8 Å². The molecule has 24 heavy (non-hydrogen) atoms. The van der Waals surface area contributed by atoms with Crippen molar-refractivity contribution in [2.24, 2.45) is 0 Å². The van der Waals surface area contributed by atoms with E-state index in [-0.39, 0.29) is 17.1 Å². The summed E-state index contributed by atoms with van der Waals surface area (Å²) in [4.78, 5) is 24.0. The minimum absolute atomic E-state index is 0.145. The Morgan fingerprint density at radius 2 is 1.46 bits per heavy atom. The number of benzene rings is 2. The van der Waals surface area contributed by atoms with Crippen LogP contribution in [0.5, 0.6) is 0 Å². The monoisotopic (exact) mass is 382 g/mol. The molecule has 2 aromatic rings. The normalized spacial score (nSPS) is 11.7. The van der Waals surface area contributed by atoms with Crippen molar-refractivity contribution in [2.45, 2.75) is 24.0 Å². The zero-order valence-electron chi connectivity index (χ0n) is 13.1. The number of carbonyl (C=O) groups is 2. The molecule has 0 aliphatic heterocycles. The van der Waals surface area contributed by atoms with E-state index in [1.807, 2.05) is 0 Å². The summed E-state index contributed by atoms with van der Waals surface area (Å²) < 4.78 is 0. The van der Waals surface area contributed by atoms with Crippen LogP contribution in [0, 0.1) is 0 Å². The van der Waals surface area contributed by atoms with Gasteiger partial charge in [0.15, 0.2) is 0 Å². The highest BCUT2D eigenvalue weighted by molar-refractivity contribution is 8.00. The molecule has 0 radical (unpaired) electrons. The summed E-state index contributed by atoms with van der Waals surface area (Å²) >= 11 is 13.6. The molecule has 2 rings (SSSR count). The smallest absolute Gasteiger partial charge is 0.237 e. The van der Waals surface area contributed by atoms with E-state index in [2.05, 4.69) is 10.6 Å². The van der Waals surface area contributed by atoms with E-state index in [4.69, 9.17) is 23.2 Å². The number of anilines is 2. The minimum Gasteiger partial charge on any atom is -0.326 e. The summed E-state index contributed by atoms with van der Waals surface area (Å²) in [5.74, 6) is -0.309. The molecular formula is C17H16Cl2N2O2S. The number of amides is 2. The van der Waals surface area contributed by atoms with Gasteiger partial charge in [-0.25, -0.2) is 0 Å². The SMILES string of the molecule is CC(=O)Nc1ccc(NC(=O)[C@@H](C)Sc2c(Cl)cccc2Cl)cc1. The fourth-order valence-corrected chi connectivity index (χ4v) is 3.45. The van der Waals surface area contributed by atoms with Gasteiger partial charge in [-0.15, -0.1) is 11.8 Å². The van der Waals surface area contributed by atoms with Crippen LogP contribution in [-0.2, 0) is 9.59 Å². The van der Waals surface area contributed by atoms with E-state index in [0.717, 1.165) is 0 Å². The quantitative estimate of drug-likeness (QED) is 0.709. The lowest BCUT2D eigenvalue weighted by molar-refractivity contribution is -0.115. The van der Waals surface area contributed by atoms with Gasteiger partial charge in [-0.2, -0.15) is 0 Å². The number of halogens is 2. The maximum absolute atomic E-state index is 12.3. The molecule has 2 amide bonds. The van der Waals surface area contributed by atoms with Crippen molar-refractivity contribution in [1.29, 1.82) is 0 Å². The Hall–Kier alpha value is -1.69. The Morgan fingerprint density at radius 3 is 1.96 bits per heavy atom. The van der Waals surface area contributed by atoms with Crippen LogP contribution >= 0.6 is 35.0 Å². The first-order valence-corrected chi connectivity index (χ1v) is 8.79. The molecule has 0 fully saturated rings. The molecule has 4 nitrogen and oxygen atoms in total. The molecule has 2 aromatic carbocycles. The van der Waals surface area contributed by atoms with Crippen molar-refractivity contribution in [2.75, 3.05) is 10.6 Å². The topological polar surface area (TPSA) is 58.2 Å². The van der Waals surface area contributed by atoms with Gasteiger partial charge in [0.25, 0.3) is 0 Å². The van der Waals surface area contributed by atoms with Gasteiger partial charge >= 0.3 is 0 Å². The minimum atomic E-state index is -0.377. The molecule has 0 saturated heterocycles. The second-order valence-electron chi connectivity index (χ2n) is 5.06. The van der Waals surface area contributed by atoms with Crippen LogP contribution in [-0.4, -0.2) is 17.1 Å². The lowest BCUT2D eigenvalue weighted by atomic mass is 10.2. The van der Waals surface area contributed by atoms with Gasteiger partial charge in [-0.3, -0.25) is 9.59 Å². The highest BCUT2D eigenvalue weighted by Gasteiger charge is 2.18. The summed E-state index contributed by atoms with van der Waals surface area (Å²) in [5, 5.41) is 6.15. The first kappa shape index (κ1) is 18.6. The highest BCUT2D eigenvalue weighted by Crippen LogP contribution is 2.36. The molecule has 0 aromatic heterocycles. The molecule has 7 heteroatoms. The van der Waals surface area contributed by atoms with Crippen LogP contribution in [0.2, 0.25) is 10.0 Å². The largest absolute Gasteiger partial charge is 0.326 e. The fourth-order valence-electron chi connectivity index (χ4n) is 1.91. The Bertz CT molecular complexity index is 731. The number of rotatable bonds is 5. The number of hydrogen-bond donors (Lipinski definition) is 2. The van der Waals surface area contributed by atoms with Crippen molar-refractivity contribution in [3.63, 3.8) is 0 Å². The van der Waals surface area contributed by atoms with E-state index < -0.39 is 0 Å². The fraction of sp³-hybridized carbons (Fsp3) is 0.176. The van der Waals surface area contributed by atoms with Gasteiger partial charge in [-0.1, -0.05) is 29.3 Å². The van der Waals surface area contributed by atoms with Gasteiger partial charge in [0.2, 0.25) is 11.8 Å². The van der Waals surface area contributed by atoms with E-state index in [1.54, 1.807) is 49.4 Å². The molecule has 0 spiro atoms. The summed E-state index contributed by atoms with van der Waals surface area (Å²) in [5.41, 5.74) is 1.32. The van der Waals surface area contributed by atoms with E-state index >= 15 is 0 Å². The van der Waals surface area contributed by atoms with Crippen molar-refractivity contribution in [3.05, 3.63) is 52.5 Å². The van der Waals surface area contributed by atoms with Crippen LogP contribution < -0.4 is 10.6 Å². The van der Waals surface area contributed by atoms with Gasteiger partial charge in [0.1, 0.15) is 0 Å². The second kappa shape index (κ2) is 8.42. The van der Waals surface area contributed by atoms with Crippen LogP contribution in [0.3, 0.4) is 0 Å². The molecule has 126 valence electrons. The van der Waals surface area contributed by atoms with E-state index in [1.165, 1.54) is 18.7 Å². The Kier molecular flexibility index (Phi) is 6.54. The molecule has 1 atom stereocenters. The van der Waals surface area contributed by atoms with Crippen molar-refractivity contribution < 1.29 is 9.59 Å². The third-order valence-electron chi connectivity index (χ3n) is 3.06. The Morgan fingerprint density at radius 1 is 0.958 bits per heavy atom. The van der Waals surface area contributed by atoms with Crippen LogP contribution in [0.25, 0.3) is 0 Å². The Balaban J connectivity index is 2.00. The lowest BCUT2D eigenvalue weighted by Crippen LogP contribution is -2.22. The second-order valence-corrected chi connectivity index (χ2v) is 7.22. The van der Waals surface area contributed by atoms with Crippen molar-refractivity contribution >= 4 is 58.2 Å². The number of carbonyl (C=O) groups excluding carboxylic acids is 2. The van der Waals surface area contributed by atoms with Gasteiger partial charge in [0.05, 0.1) is 15.3 Å². The van der Waals surface area contributed by atoms with Crippen LogP contribution in [0.15, 0.2) is 47.4 Å². The van der Waals surface area contributed by atoms with Gasteiger partial charge in [0, 0.05) is 23.2 Å². The molecule has 0 aliphatic rings. The third-order valence-corrected chi connectivity index (χ3v) is 5.15. The van der Waals surface area contributed by atoms with Crippen molar-refractivity contribution in [1.82, 2.24) is 0 Å². The summed E-state index contributed by atoms with van der Waals surface area (Å²) in [6, 6.07) is 12.1. The summed E-state index contributed by atoms with van der Waals surface area (Å²) in [6.07, 6.45) is 0. The first-order chi connectivity index (χ1) is 11.4. The number of hydrogen-bond acceptors (Lipinski definition) is 3. The van der Waals surface area contributed by atoms with E-state index in [9.17, 15) is 9.59 Å². The lowest BCUT2D eigenvalue weighted by Gasteiger charge is -2.14. The zero-order valence-corrected chi connectivity index (χ0v) is 15.4. The first-order valence-electron chi connectivity index (χ1n) is 7.16. The average molecular weight is 383 g/mol. The molecule has 0 aliphatic carbocycles. The third kappa shape index (κ3) is 5.16. The maximum Gasteiger partial charge on any atom is 0.237 e. The summed E-state index contributed by atoms with van der Waals surface area (Å²) in [6.45, 7) is 3.22. The molecule has 0 bridgehead atoms. The highest BCUT2D eigenvalue weighted by atomic mass is 35.5. The average Bonchev–Trinajstić information content (AvgIpc) is 2.52. The summed E-state index contributed by atoms with van der Waals surface area (Å²) in [7, 11) is 0. The number of thioether (sulfide) groups is 1. The molecular weight excluding hydrogens is 367 g/mol. The van der Waals surface area contributed by atoms with Crippen LogP contribution in [0.4, 0.5) is 11.4 Å². The van der Waals surface area contributed by atoms with E-state index in [0.29, 0.717) is 26.3 Å². The van der Waals surface area contributed by atoms with Gasteiger partial charge < -0.3 is 10.6 Å². The Labute approximate surface area is 154 Å². The van der Waals surface area contributed by atoms with Gasteiger partial charge in [-0.05, 0) is 43.3 Å². The zero-order chi connectivity index (χ0) is 17.7. The predicted octanol–water partition coefficient (Wildman–Crippen LogP) is 5.07. The molecule has 0 unspecified atom stereocenters. The standard InChI is InChI=1S/C17H16Cl2N2O2S/c1-10(24-16-14(18)4-3-5-15(16)19)17(23)21-13-8-6-12(7-9-13)20-11(2)22/h3-10H,1-2H3,(H,20,22)(H,21,23)/t10-/m1/s1. The van der Waals surface area contributed by atoms with Crippen molar-refractivity contribution in [3.8, 4) is 0 Å². The molecule has 0 saturated carbocycles. The molecule has 0 heterocycles. The maximum atomic E-state index is 12.3.